The highest BCUT2D eigenvalue weighted by Crippen LogP contribution is 2.25. The van der Waals surface area contributed by atoms with Crippen LogP contribution >= 0.6 is 15.9 Å². The summed E-state index contributed by atoms with van der Waals surface area (Å²) in [5.74, 6) is -0.282. The summed E-state index contributed by atoms with van der Waals surface area (Å²) in [6.07, 6.45) is 0. The maximum Gasteiger partial charge on any atom is 0.271 e. The molecular formula is C28H24BrN3O. The summed E-state index contributed by atoms with van der Waals surface area (Å²) in [7, 11) is 0. The van der Waals surface area contributed by atoms with Crippen LogP contribution in [-0.4, -0.2) is 16.6 Å². The maximum absolute atomic E-state index is 13.1. The Morgan fingerprint density at radius 1 is 0.758 bits per heavy atom. The molecule has 0 unspecified atom stereocenters. The lowest BCUT2D eigenvalue weighted by molar-refractivity contribution is 0.0955. The third-order valence-electron chi connectivity index (χ3n) is 5.37. The van der Waals surface area contributed by atoms with Gasteiger partial charge in [-0.1, -0.05) is 87.7 Å². The Morgan fingerprint density at radius 2 is 1.24 bits per heavy atom. The molecule has 0 aliphatic rings. The lowest BCUT2D eigenvalue weighted by Crippen LogP contribution is -2.19. The highest BCUT2D eigenvalue weighted by atomic mass is 79.9. The standard InChI is InChI=1S/C28H24BrN3O/c1-18-4-8-22(9-5-18)26-16-24(17-27(30-26)23-10-6-19(2)7-11-23)28(33)32-31-20(3)21-12-14-25(29)15-13-21/h4-17H,1-3H3,(H,32,33)/b31-20-. The molecule has 4 rings (SSSR count). The highest BCUT2D eigenvalue weighted by Gasteiger charge is 2.13. The van der Waals surface area contributed by atoms with Gasteiger partial charge in [0.05, 0.1) is 17.1 Å². The second-order valence-electron chi connectivity index (χ2n) is 8.00. The molecule has 1 N–H and O–H groups in total. The molecule has 0 aliphatic carbocycles. The number of hydrogen-bond acceptors (Lipinski definition) is 3. The molecule has 4 aromatic rings. The van der Waals surface area contributed by atoms with Crippen molar-refractivity contribution in [3.8, 4) is 22.5 Å². The number of aromatic nitrogens is 1. The highest BCUT2D eigenvalue weighted by molar-refractivity contribution is 9.10. The van der Waals surface area contributed by atoms with Crippen LogP contribution < -0.4 is 5.43 Å². The van der Waals surface area contributed by atoms with E-state index in [9.17, 15) is 4.79 Å². The SMILES string of the molecule is C/C(=N/NC(=O)c1cc(-c2ccc(C)cc2)nc(-c2ccc(C)cc2)c1)c1ccc(Br)cc1. The van der Waals surface area contributed by atoms with Crippen molar-refractivity contribution in [3.63, 3.8) is 0 Å². The zero-order valence-corrected chi connectivity index (χ0v) is 20.3. The number of nitrogens with one attached hydrogen (secondary N) is 1. The average molecular weight is 498 g/mol. The van der Waals surface area contributed by atoms with Crippen molar-refractivity contribution in [2.75, 3.05) is 0 Å². The summed E-state index contributed by atoms with van der Waals surface area (Å²) >= 11 is 3.43. The monoisotopic (exact) mass is 497 g/mol. The third kappa shape index (κ3) is 5.62. The maximum atomic E-state index is 13.1. The molecule has 1 heterocycles. The Balaban J connectivity index is 1.69. The van der Waals surface area contributed by atoms with Crippen molar-refractivity contribution in [2.45, 2.75) is 20.8 Å². The second-order valence-corrected chi connectivity index (χ2v) is 8.92. The Bertz CT molecular complexity index is 1250. The lowest BCUT2D eigenvalue weighted by Gasteiger charge is -2.10. The van der Waals surface area contributed by atoms with Gasteiger partial charge in [-0.25, -0.2) is 10.4 Å². The molecule has 0 aliphatic heterocycles. The van der Waals surface area contributed by atoms with E-state index in [1.807, 2.05) is 106 Å². The van der Waals surface area contributed by atoms with Gasteiger partial charge in [0.2, 0.25) is 0 Å². The Hall–Kier alpha value is -3.57. The molecule has 33 heavy (non-hydrogen) atoms. The number of rotatable bonds is 5. The number of benzene rings is 3. The van der Waals surface area contributed by atoms with Crippen LogP contribution in [0.15, 0.2) is 94.5 Å². The van der Waals surface area contributed by atoms with Gasteiger partial charge >= 0.3 is 0 Å². The Morgan fingerprint density at radius 3 is 1.73 bits per heavy atom. The van der Waals surface area contributed by atoms with Crippen molar-refractivity contribution in [2.24, 2.45) is 5.10 Å². The predicted octanol–water partition coefficient (Wildman–Crippen LogP) is 6.95. The van der Waals surface area contributed by atoms with Gasteiger partial charge in [-0.3, -0.25) is 4.79 Å². The van der Waals surface area contributed by atoms with Gasteiger partial charge in [0, 0.05) is 21.2 Å². The molecule has 5 heteroatoms. The van der Waals surface area contributed by atoms with Crippen LogP contribution in [0.3, 0.4) is 0 Å². The number of hydrogen-bond donors (Lipinski definition) is 1. The van der Waals surface area contributed by atoms with Crippen LogP contribution in [0.5, 0.6) is 0 Å². The Kier molecular flexibility index (Phi) is 6.80. The molecular weight excluding hydrogens is 474 g/mol. The van der Waals surface area contributed by atoms with Gasteiger partial charge in [-0.2, -0.15) is 5.10 Å². The zero-order valence-electron chi connectivity index (χ0n) is 18.8. The van der Waals surface area contributed by atoms with Crippen LogP contribution in [0, 0.1) is 13.8 Å². The van der Waals surface area contributed by atoms with Crippen molar-refractivity contribution in [3.05, 3.63) is 112 Å². The fraction of sp³-hybridized carbons (Fsp3) is 0.107. The fourth-order valence-corrected chi connectivity index (χ4v) is 3.63. The van der Waals surface area contributed by atoms with E-state index in [0.717, 1.165) is 38.3 Å². The van der Waals surface area contributed by atoms with Crippen LogP contribution in [0.25, 0.3) is 22.5 Å². The second kappa shape index (κ2) is 9.92. The molecule has 0 saturated heterocycles. The quantitative estimate of drug-likeness (QED) is 0.239. The van der Waals surface area contributed by atoms with Gasteiger partial charge in [0.15, 0.2) is 0 Å². The van der Waals surface area contributed by atoms with E-state index in [1.54, 1.807) is 0 Å². The van der Waals surface area contributed by atoms with Crippen molar-refractivity contribution >= 4 is 27.5 Å². The summed E-state index contributed by atoms with van der Waals surface area (Å²) in [6, 6.07) is 27.7. The van der Waals surface area contributed by atoms with Gasteiger partial charge in [-0.05, 0) is 50.6 Å². The third-order valence-corrected chi connectivity index (χ3v) is 5.90. The van der Waals surface area contributed by atoms with Crippen LogP contribution in [0.1, 0.15) is 34.0 Å². The first kappa shape index (κ1) is 22.6. The molecule has 4 nitrogen and oxygen atoms in total. The molecule has 1 aromatic heterocycles. The zero-order chi connectivity index (χ0) is 23.4. The smallest absolute Gasteiger partial charge is 0.267 e. The normalized spacial score (nSPS) is 11.3. The minimum Gasteiger partial charge on any atom is -0.267 e. The number of aryl methyl sites for hydroxylation is 2. The molecule has 0 atom stereocenters. The summed E-state index contributed by atoms with van der Waals surface area (Å²) in [6.45, 7) is 5.96. The number of pyridine rings is 1. The van der Waals surface area contributed by atoms with Crippen molar-refractivity contribution < 1.29 is 4.79 Å². The van der Waals surface area contributed by atoms with Crippen molar-refractivity contribution in [1.82, 2.24) is 10.4 Å². The van der Waals surface area contributed by atoms with E-state index in [0.29, 0.717) is 5.56 Å². The number of carbonyl (C=O) groups excluding carboxylic acids is 1. The number of hydrazone groups is 1. The number of nitrogens with zero attached hydrogens (tertiary/aromatic N) is 2. The van der Waals surface area contributed by atoms with E-state index in [-0.39, 0.29) is 5.91 Å². The molecule has 164 valence electrons. The van der Waals surface area contributed by atoms with Gasteiger partial charge in [0.1, 0.15) is 0 Å². The number of carbonyl (C=O) groups is 1. The van der Waals surface area contributed by atoms with Crippen molar-refractivity contribution in [1.29, 1.82) is 0 Å². The molecule has 0 fully saturated rings. The van der Waals surface area contributed by atoms with E-state index in [2.05, 4.69) is 26.5 Å². The summed E-state index contributed by atoms with van der Waals surface area (Å²) in [5.41, 5.74) is 10.6. The summed E-state index contributed by atoms with van der Waals surface area (Å²) < 4.78 is 0.993. The number of halogens is 1. The number of amides is 1. The first-order valence-corrected chi connectivity index (χ1v) is 11.4. The summed E-state index contributed by atoms with van der Waals surface area (Å²) in [4.78, 5) is 17.9. The topological polar surface area (TPSA) is 54.4 Å². The minimum absolute atomic E-state index is 0.282. The predicted molar refractivity (Wildman–Crippen MR) is 138 cm³/mol. The first-order chi connectivity index (χ1) is 15.9. The molecule has 3 aromatic carbocycles. The van der Waals surface area contributed by atoms with E-state index in [4.69, 9.17) is 4.98 Å². The van der Waals surface area contributed by atoms with E-state index in [1.165, 1.54) is 11.1 Å². The Labute approximate surface area is 202 Å². The first-order valence-electron chi connectivity index (χ1n) is 10.7. The molecule has 0 bridgehead atoms. The fourth-order valence-electron chi connectivity index (χ4n) is 3.36. The van der Waals surface area contributed by atoms with Crippen LogP contribution in [-0.2, 0) is 0 Å². The van der Waals surface area contributed by atoms with Gasteiger partial charge < -0.3 is 0 Å². The lowest BCUT2D eigenvalue weighted by atomic mass is 10.0. The van der Waals surface area contributed by atoms with Gasteiger partial charge in [-0.15, -0.1) is 0 Å². The average Bonchev–Trinajstić information content (AvgIpc) is 2.83. The molecule has 0 saturated carbocycles. The van der Waals surface area contributed by atoms with E-state index >= 15 is 0 Å². The minimum atomic E-state index is -0.282. The van der Waals surface area contributed by atoms with E-state index < -0.39 is 0 Å². The molecule has 1 amide bonds. The van der Waals surface area contributed by atoms with Crippen LogP contribution in [0.4, 0.5) is 0 Å². The van der Waals surface area contributed by atoms with Gasteiger partial charge in [0.25, 0.3) is 5.91 Å². The summed E-state index contributed by atoms with van der Waals surface area (Å²) in [5, 5.41) is 4.31. The molecule has 0 radical (unpaired) electrons. The largest absolute Gasteiger partial charge is 0.271 e. The van der Waals surface area contributed by atoms with Crippen LogP contribution in [0.2, 0.25) is 0 Å². The molecule has 0 spiro atoms.